The lowest BCUT2D eigenvalue weighted by Gasteiger charge is -2.41. The summed E-state index contributed by atoms with van der Waals surface area (Å²) >= 11 is 0. The van der Waals surface area contributed by atoms with E-state index in [0.717, 1.165) is 0 Å². The topological polar surface area (TPSA) is 99.5 Å². The van der Waals surface area contributed by atoms with E-state index in [1.807, 2.05) is 41.5 Å². The lowest BCUT2D eigenvalue weighted by atomic mass is 10.1. The van der Waals surface area contributed by atoms with Crippen molar-refractivity contribution in [3.63, 3.8) is 0 Å². The largest absolute Gasteiger partial charge is 0.356 e. The summed E-state index contributed by atoms with van der Waals surface area (Å²) in [6.07, 6.45) is -2.26. The van der Waals surface area contributed by atoms with Crippen LogP contribution < -0.4 is 0 Å². The van der Waals surface area contributed by atoms with Crippen molar-refractivity contribution in [3.8, 4) is 0 Å². The quantitative estimate of drug-likeness (QED) is 0.612. The zero-order valence-electron chi connectivity index (χ0n) is 15.0. The van der Waals surface area contributed by atoms with E-state index < -0.39 is 46.7 Å². The number of rotatable bonds is 0. The van der Waals surface area contributed by atoms with Crippen molar-refractivity contribution >= 4 is 11.8 Å². The molecule has 0 saturated carbocycles. The van der Waals surface area contributed by atoms with Gasteiger partial charge in [-0.25, -0.2) is 0 Å². The van der Waals surface area contributed by atoms with E-state index in [4.69, 9.17) is 9.47 Å². The van der Waals surface area contributed by atoms with Crippen LogP contribution in [0.15, 0.2) is 0 Å². The van der Waals surface area contributed by atoms with Gasteiger partial charge in [0.15, 0.2) is 0 Å². The van der Waals surface area contributed by atoms with E-state index in [2.05, 4.69) is 0 Å². The molecule has 3 aliphatic heterocycles. The monoisotopic (exact) mass is 342 g/mol. The van der Waals surface area contributed by atoms with Gasteiger partial charge in [-0.05, 0) is 41.5 Å². The summed E-state index contributed by atoms with van der Waals surface area (Å²) in [4.78, 5) is 28.2. The molecule has 0 aromatic heterocycles. The van der Waals surface area contributed by atoms with Crippen molar-refractivity contribution in [1.29, 1.82) is 0 Å². The van der Waals surface area contributed by atoms with Gasteiger partial charge in [0, 0.05) is 11.1 Å². The number of nitrogens with zero attached hydrogens (tertiary/aromatic N) is 2. The van der Waals surface area contributed by atoms with E-state index in [-0.39, 0.29) is 13.1 Å². The zero-order chi connectivity index (χ0) is 18.3. The van der Waals surface area contributed by atoms with Gasteiger partial charge in [-0.2, -0.15) is 0 Å². The van der Waals surface area contributed by atoms with Gasteiger partial charge >= 0.3 is 0 Å². The van der Waals surface area contributed by atoms with Crippen molar-refractivity contribution in [2.75, 3.05) is 13.1 Å². The molecule has 0 aliphatic carbocycles. The number of aliphatic hydroxyl groups is 2. The van der Waals surface area contributed by atoms with Gasteiger partial charge in [0.25, 0.3) is 23.4 Å². The van der Waals surface area contributed by atoms with Crippen LogP contribution in [0.3, 0.4) is 0 Å². The van der Waals surface area contributed by atoms with Crippen molar-refractivity contribution in [3.05, 3.63) is 0 Å². The maximum atomic E-state index is 12.7. The van der Waals surface area contributed by atoms with Gasteiger partial charge in [0.1, 0.15) is 12.2 Å². The summed E-state index contributed by atoms with van der Waals surface area (Å²) in [5.41, 5.74) is -1.09. The predicted molar refractivity (Wildman–Crippen MR) is 82.6 cm³/mol. The Bertz CT molecular complexity index is 542. The Balaban J connectivity index is 1.93. The highest BCUT2D eigenvalue weighted by atomic mass is 16.8. The number of carbonyl (C=O) groups excluding carboxylic acids is 2. The maximum absolute atomic E-state index is 12.7. The first kappa shape index (κ1) is 17.6. The van der Waals surface area contributed by atoms with Gasteiger partial charge < -0.3 is 29.5 Å². The van der Waals surface area contributed by atoms with Crippen LogP contribution in [0.2, 0.25) is 0 Å². The van der Waals surface area contributed by atoms with Crippen molar-refractivity contribution in [2.24, 2.45) is 0 Å². The Hall–Kier alpha value is -1.22. The summed E-state index contributed by atoms with van der Waals surface area (Å²) in [6.45, 7) is 11.0. The molecule has 0 aromatic rings. The zero-order valence-corrected chi connectivity index (χ0v) is 15.0. The van der Waals surface area contributed by atoms with Crippen LogP contribution in [-0.2, 0) is 19.1 Å². The summed E-state index contributed by atoms with van der Waals surface area (Å²) in [6, 6.07) is 0. The van der Waals surface area contributed by atoms with E-state index in [0.29, 0.717) is 0 Å². The van der Waals surface area contributed by atoms with Crippen LogP contribution >= 0.6 is 0 Å². The molecule has 2 amide bonds. The van der Waals surface area contributed by atoms with Crippen LogP contribution in [0.5, 0.6) is 0 Å². The minimum atomic E-state index is -2.18. The molecular formula is C16H26N2O6. The lowest BCUT2D eigenvalue weighted by molar-refractivity contribution is -0.377. The van der Waals surface area contributed by atoms with E-state index >= 15 is 0 Å². The first-order valence-electron chi connectivity index (χ1n) is 8.16. The molecule has 3 rings (SSSR count). The maximum Gasteiger partial charge on any atom is 0.286 e. The Morgan fingerprint density at radius 2 is 1.12 bits per heavy atom. The van der Waals surface area contributed by atoms with Crippen LogP contribution in [0, 0.1) is 0 Å². The summed E-state index contributed by atoms with van der Waals surface area (Å²) in [7, 11) is 0. The average Bonchev–Trinajstić information content (AvgIpc) is 2.80. The number of hydrogen-bond donors (Lipinski definition) is 2. The highest BCUT2D eigenvalue weighted by Crippen LogP contribution is 2.44. The van der Waals surface area contributed by atoms with Crippen LogP contribution in [0.25, 0.3) is 0 Å². The second kappa shape index (κ2) is 4.69. The predicted octanol–water partition coefficient (Wildman–Crippen LogP) is -0.571. The fraction of sp³-hybridized carbons (Fsp3) is 0.875. The molecule has 0 unspecified atom stereocenters. The fourth-order valence-corrected chi connectivity index (χ4v) is 3.48. The van der Waals surface area contributed by atoms with Crippen LogP contribution in [0.4, 0.5) is 0 Å². The smallest absolute Gasteiger partial charge is 0.286 e. The SMILES string of the molecule is CC(C)(C)N1C[C@@H]2O[C@]3(O)C(=O)N(C(C)(C)C)C[C@@H]3O[C@@]2(O)C1=O. The molecule has 4 atom stereocenters. The minimum Gasteiger partial charge on any atom is -0.356 e. The first-order valence-corrected chi connectivity index (χ1v) is 8.16. The molecule has 8 heteroatoms. The van der Waals surface area contributed by atoms with Crippen LogP contribution in [-0.4, -0.2) is 79.8 Å². The molecule has 3 heterocycles. The molecule has 0 aromatic carbocycles. The number of ether oxygens (including phenoxy) is 2. The van der Waals surface area contributed by atoms with Crippen LogP contribution in [0.1, 0.15) is 41.5 Å². The van der Waals surface area contributed by atoms with Gasteiger partial charge in [0.2, 0.25) is 0 Å². The molecule has 3 saturated heterocycles. The lowest BCUT2D eigenvalue weighted by Crippen LogP contribution is -2.65. The number of carbonyl (C=O) groups is 2. The van der Waals surface area contributed by atoms with Gasteiger partial charge in [-0.1, -0.05) is 0 Å². The third-order valence-corrected chi connectivity index (χ3v) is 4.94. The Morgan fingerprint density at radius 1 is 0.833 bits per heavy atom. The second-order valence-corrected chi connectivity index (χ2v) is 8.78. The van der Waals surface area contributed by atoms with Gasteiger partial charge in [0.05, 0.1) is 13.1 Å². The highest BCUT2D eigenvalue weighted by Gasteiger charge is 2.71. The van der Waals surface area contributed by atoms with Crippen molar-refractivity contribution in [1.82, 2.24) is 9.80 Å². The molecule has 3 fully saturated rings. The second-order valence-electron chi connectivity index (χ2n) is 8.78. The minimum absolute atomic E-state index is 0.0384. The number of likely N-dealkylation sites (tertiary alicyclic amines) is 2. The summed E-state index contributed by atoms with van der Waals surface area (Å²) in [5, 5.41) is 21.5. The Kier molecular flexibility index (Phi) is 3.44. The molecule has 8 nitrogen and oxygen atoms in total. The van der Waals surface area contributed by atoms with Crippen molar-refractivity contribution < 1.29 is 29.3 Å². The van der Waals surface area contributed by atoms with E-state index in [1.165, 1.54) is 9.80 Å². The molecule has 0 spiro atoms. The van der Waals surface area contributed by atoms with E-state index in [9.17, 15) is 19.8 Å². The van der Waals surface area contributed by atoms with Gasteiger partial charge in [-0.15, -0.1) is 0 Å². The number of fused-ring (bicyclic) bond motifs is 2. The normalized spacial score (nSPS) is 40.2. The average molecular weight is 342 g/mol. The first-order chi connectivity index (χ1) is 10.7. The Morgan fingerprint density at radius 3 is 1.38 bits per heavy atom. The standard InChI is InChI=1S/C16H26N2O6/c1-13(2,3)17-7-9-15(21,11(17)19)24-10-8-18(14(4,5)6)12(20)16(10,22)23-9/h9-10,21-22H,7-8H2,1-6H3/t9-,10-,15-,16+/m0/s1. The molecule has 0 radical (unpaired) electrons. The third-order valence-electron chi connectivity index (χ3n) is 4.94. The van der Waals surface area contributed by atoms with E-state index in [1.54, 1.807) is 0 Å². The third kappa shape index (κ3) is 2.20. The summed E-state index contributed by atoms with van der Waals surface area (Å²) in [5.74, 6) is -5.58. The fourth-order valence-electron chi connectivity index (χ4n) is 3.48. The number of amides is 2. The van der Waals surface area contributed by atoms with Crippen molar-refractivity contribution in [2.45, 2.75) is 76.4 Å². The van der Waals surface area contributed by atoms with Gasteiger partial charge in [-0.3, -0.25) is 9.59 Å². The molecule has 2 N–H and O–H groups in total. The molecule has 3 aliphatic rings. The number of hydrogen-bond acceptors (Lipinski definition) is 6. The molecule has 0 bridgehead atoms. The summed E-state index contributed by atoms with van der Waals surface area (Å²) < 4.78 is 11.2. The molecule has 136 valence electrons. The molecular weight excluding hydrogens is 316 g/mol. The molecule has 24 heavy (non-hydrogen) atoms. The Labute approximate surface area is 141 Å². The highest BCUT2D eigenvalue weighted by molar-refractivity contribution is 5.90.